The maximum Gasteiger partial charge on any atom is 0.275 e. The molecular formula is C20H21FN4O2S. The van der Waals surface area contributed by atoms with E-state index in [9.17, 15) is 9.18 Å². The topological polar surface area (TPSA) is 60.2 Å². The third-order valence-corrected chi connectivity index (χ3v) is 5.87. The summed E-state index contributed by atoms with van der Waals surface area (Å²) in [5.74, 6) is 0. The summed E-state index contributed by atoms with van der Waals surface area (Å²) in [7, 11) is 5.45. The van der Waals surface area contributed by atoms with Crippen molar-refractivity contribution in [3.63, 3.8) is 0 Å². The molecule has 1 aliphatic carbocycles. The number of rotatable bonds is 3. The van der Waals surface area contributed by atoms with Crippen molar-refractivity contribution in [2.45, 2.75) is 25.6 Å². The number of nitrogens with zero attached hydrogens (tertiary/aromatic N) is 4. The number of hydrogen-bond acceptors (Lipinski definition) is 6. The van der Waals surface area contributed by atoms with Crippen LogP contribution in [-0.4, -0.2) is 48.0 Å². The molecule has 146 valence electrons. The van der Waals surface area contributed by atoms with Crippen LogP contribution in [0.4, 0.5) is 10.1 Å². The zero-order valence-electron chi connectivity index (χ0n) is 16.1. The van der Waals surface area contributed by atoms with Gasteiger partial charge in [-0.3, -0.25) is 9.36 Å². The summed E-state index contributed by atoms with van der Waals surface area (Å²) >= 11 is 1.32. The molecule has 8 heteroatoms. The van der Waals surface area contributed by atoms with E-state index in [0.717, 1.165) is 21.6 Å². The smallest absolute Gasteiger partial charge is 0.275 e. The number of thiophene rings is 1. The zero-order valence-corrected chi connectivity index (χ0v) is 17.0. The molecule has 0 spiro atoms. The van der Waals surface area contributed by atoms with Crippen molar-refractivity contribution < 1.29 is 9.13 Å². The van der Waals surface area contributed by atoms with Gasteiger partial charge in [0.1, 0.15) is 27.5 Å². The Kier molecular flexibility index (Phi) is 4.76. The van der Waals surface area contributed by atoms with Crippen LogP contribution in [0.2, 0.25) is 0 Å². The lowest BCUT2D eigenvalue weighted by Gasteiger charge is -2.14. The number of ether oxygens (including phenoxy) is 1. The molecule has 0 amide bonds. The van der Waals surface area contributed by atoms with Gasteiger partial charge in [0.15, 0.2) is 0 Å². The number of alkyl halides is 1. The molecule has 0 fully saturated rings. The Bertz CT molecular complexity index is 1180. The Balaban J connectivity index is 1.94. The van der Waals surface area contributed by atoms with Crippen LogP contribution in [0.5, 0.6) is 0 Å². The van der Waals surface area contributed by atoms with Gasteiger partial charge in [0, 0.05) is 39.0 Å². The number of fused-ring (bicyclic) bond motifs is 3. The van der Waals surface area contributed by atoms with Crippen molar-refractivity contribution in [2.24, 2.45) is 0 Å². The molecule has 1 aliphatic rings. The summed E-state index contributed by atoms with van der Waals surface area (Å²) in [6, 6.07) is 1.98. The second-order valence-electron chi connectivity index (χ2n) is 7.03. The summed E-state index contributed by atoms with van der Waals surface area (Å²) in [4.78, 5) is 25.1. The highest BCUT2D eigenvalue weighted by Gasteiger charge is 2.20. The molecule has 3 heterocycles. The number of aryl methyl sites for hydroxylation is 1. The largest absolute Gasteiger partial charge is 0.377 e. The Morgan fingerprint density at radius 2 is 2.18 bits per heavy atom. The molecular weight excluding hydrogens is 379 g/mol. The molecule has 0 aromatic carbocycles. The second kappa shape index (κ2) is 7.10. The first-order valence-electron chi connectivity index (χ1n) is 8.95. The molecule has 28 heavy (non-hydrogen) atoms. The van der Waals surface area contributed by atoms with Crippen LogP contribution in [0, 0.1) is 6.92 Å². The fraction of sp³-hybridized carbons (Fsp3) is 0.350. The van der Waals surface area contributed by atoms with E-state index in [4.69, 9.17) is 4.74 Å². The second-order valence-corrected chi connectivity index (χ2v) is 8.03. The number of anilines is 1. The highest BCUT2D eigenvalue weighted by Crippen LogP contribution is 2.36. The van der Waals surface area contributed by atoms with E-state index in [1.807, 2.05) is 32.0 Å². The number of hydrogen-bond donors (Lipinski definition) is 0. The van der Waals surface area contributed by atoms with E-state index >= 15 is 0 Å². The Hall–Kier alpha value is -2.58. The van der Waals surface area contributed by atoms with Crippen LogP contribution in [0.25, 0.3) is 26.1 Å². The molecule has 4 rings (SSSR count). The fourth-order valence-electron chi connectivity index (χ4n) is 3.42. The van der Waals surface area contributed by atoms with Crippen molar-refractivity contribution in [1.29, 1.82) is 0 Å². The van der Waals surface area contributed by atoms with Gasteiger partial charge in [0.2, 0.25) is 0 Å². The van der Waals surface area contributed by atoms with E-state index in [2.05, 4.69) is 9.97 Å². The quantitative estimate of drug-likeness (QED) is 0.673. The monoisotopic (exact) mass is 400 g/mol. The molecule has 0 bridgehead atoms. The first kappa shape index (κ1) is 18.8. The third kappa shape index (κ3) is 3.12. The molecule has 3 aromatic heterocycles. The van der Waals surface area contributed by atoms with Crippen LogP contribution in [-0.2, 0) is 4.74 Å². The van der Waals surface area contributed by atoms with Crippen molar-refractivity contribution in [1.82, 2.24) is 14.5 Å². The van der Waals surface area contributed by atoms with Gasteiger partial charge in [-0.25, -0.2) is 14.4 Å². The maximum absolute atomic E-state index is 14.3. The van der Waals surface area contributed by atoms with Crippen molar-refractivity contribution in [3.8, 4) is 0 Å². The van der Waals surface area contributed by atoms with E-state index in [1.54, 1.807) is 19.3 Å². The molecule has 0 N–H and O–H groups in total. The molecule has 0 radical (unpaired) electrons. The van der Waals surface area contributed by atoms with Crippen molar-refractivity contribution in [3.05, 3.63) is 46.7 Å². The van der Waals surface area contributed by atoms with Crippen LogP contribution in [0.3, 0.4) is 0 Å². The summed E-state index contributed by atoms with van der Waals surface area (Å²) in [5.41, 5.74) is 2.71. The number of methoxy groups -OCH3 is 1. The van der Waals surface area contributed by atoms with Gasteiger partial charge in [-0.2, -0.15) is 0 Å². The minimum atomic E-state index is -1.20. The number of aromatic nitrogens is 3. The van der Waals surface area contributed by atoms with Gasteiger partial charge in [-0.05, 0) is 25.1 Å². The molecule has 0 aliphatic heterocycles. The summed E-state index contributed by atoms with van der Waals surface area (Å²) in [5, 5.41) is 0.869. The minimum absolute atomic E-state index is 0.221. The Labute approximate surface area is 165 Å². The molecule has 2 unspecified atom stereocenters. The Morgan fingerprint density at radius 1 is 1.39 bits per heavy atom. The SMILES string of the molecule is COC1C=CC(n2cnc3c(sc4nc(C)cc(N(C)C)c43)c2=O)=CC(F)C1. The van der Waals surface area contributed by atoms with Gasteiger partial charge in [0.25, 0.3) is 5.56 Å². The predicted molar refractivity (Wildman–Crippen MR) is 112 cm³/mol. The van der Waals surface area contributed by atoms with E-state index in [-0.39, 0.29) is 18.1 Å². The van der Waals surface area contributed by atoms with Gasteiger partial charge in [-0.15, -0.1) is 11.3 Å². The van der Waals surface area contributed by atoms with Crippen LogP contribution in [0.15, 0.2) is 35.4 Å². The van der Waals surface area contributed by atoms with Gasteiger partial charge >= 0.3 is 0 Å². The van der Waals surface area contributed by atoms with Gasteiger partial charge < -0.3 is 9.64 Å². The lowest BCUT2D eigenvalue weighted by atomic mass is 10.2. The lowest BCUT2D eigenvalue weighted by Crippen LogP contribution is -2.19. The third-order valence-electron chi connectivity index (χ3n) is 4.81. The molecule has 3 aromatic rings. The average Bonchev–Trinajstić information content (AvgIpc) is 2.91. The van der Waals surface area contributed by atoms with Crippen LogP contribution < -0.4 is 10.5 Å². The number of allylic oxidation sites excluding steroid dienone is 3. The minimum Gasteiger partial charge on any atom is -0.377 e. The van der Waals surface area contributed by atoms with Gasteiger partial charge in [0.05, 0.1) is 17.2 Å². The number of halogens is 1. The highest BCUT2D eigenvalue weighted by molar-refractivity contribution is 7.25. The van der Waals surface area contributed by atoms with E-state index in [0.29, 0.717) is 15.9 Å². The standard InChI is InChI=1S/C20H21FN4O2S/c1-11-7-15(24(2)3)16-17-18(28-19(16)23-11)20(26)25(10-22-17)13-5-6-14(27-4)9-12(21)8-13/h5-8,10,12,14H,9H2,1-4H3. The number of pyridine rings is 1. The highest BCUT2D eigenvalue weighted by atomic mass is 32.1. The van der Waals surface area contributed by atoms with E-state index in [1.165, 1.54) is 28.3 Å². The molecule has 0 saturated heterocycles. The first-order chi connectivity index (χ1) is 13.4. The summed E-state index contributed by atoms with van der Waals surface area (Å²) < 4.78 is 21.4. The zero-order chi connectivity index (χ0) is 20.0. The maximum atomic E-state index is 14.3. The van der Waals surface area contributed by atoms with Crippen molar-refractivity contribution >= 4 is 43.2 Å². The lowest BCUT2D eigenvalue weighted by molar-refractivity contribution is 0.116. The average molecular weight is 400 g/mol. The molecule has 2 atom stereocenters. The first-order valence-corrected chi connectivity index (χ1v) is 9.76. The van der Waals surface area contributed by atoms with Crippen molar-refractivity contribution in [2.75, 3.05) is 26.1 Å². The van der Waals surface area contributed by atoms with Gasteiger partial charge in [-0.1, -0.05) is 6.08 Å². The normalized spacial score (nSPS) is 19.8. The summed E-state index contributed by atoms with van der Waals surface area (Å²) in [6.07, 6.45) is 5.07. The van der Waals surface area contributed by atoms with Crippen LogP contribution >= 0.6 is 11.3 Å². The predicted octanol–water partition coefficient (Wildman–Crippen LogP) is 3.53. The fourth-order valence-corrected chi connectivity index (χ4v) is 4.54. The van der Waals surface area contributed by atoms with Crippen LogP contribution in [0.1, 0.15) is 12.1 Å². The summed E-state index contributed by atoms with van der Waals surface area (Å²) in [6.45, 7) is 1.93. The molecule has 6 nitrogen and oxygen atoms in total. The van der Waals surface area contributed by atoms with E-state index < -0.39 is 6.17 Å². The molecule has 0 saturated carbocycles. The Morgan fingerprint density at radius 3 is 2.89 bits per heavy atom.